The van der Waals surface area contributed by atoms with Crippen molar-refractivity contribution < 1.29 is 9.84 Å². The van der Waals surface area contributed by atoms with E-state index < -0.39 is 0 Å². The van der Waals surface area contributed by atoms with Crippen LogP contribution in [-0.2, 0) is 4.74 Å². The molecule has 0 saturated carbocycles. The van der Waals surface area contributed by atoms with E-state index in [1.54, 1.807) is 0 Å². The molecule has 0 amide bonds. The van der Waals surface area contributed by atoms with Gasteiger partial charge in [-0.2, -0.15) is 0 Å². The molecule has 0 aromatic rings. The topological polar surface area (TPSA) is 29.5 Å². The molecule has 1 heterocycles. The minimum absolute atomic E-state index is 0.0817. The van der Waals surface area contributed by atoms with Crippen LogP contribution in [0.15, 0.2) is 0 Å². The van der Waals surface area contributed by atoms with Crippen molar-refractivity contribution in [3.8, 4) is 0 Å². The molecule has 1 rings (SSSR count). The van der Waals surface area contributed by atoms with Crippen LogP contribution in [0.5, 0.6) is 0 Å². The van der Waals surface area contributed by atoms with Crippen molar-refractivity contribution in [3.63, 3.8) is 0 Å². The van der Waals surface area contributed by atoms with Crippen LogP contribution in [0.25, 0.3) is 0 Å². The summed E-state index contributed by atoms with van der Waals surface area (Å²) in [6, 6.07) is 0. The predicted octanol–water partition coefficient (Wildman–Crippen LogP) is 1.43. The summed E-state index contributed by atoms with van der Waals surface area (Å²) >= 11 is 0. The second kappa shape index (κ2) is 3.55. The van der Waals surface area contributed by atoms with Crippen molar-refractivity contribution in [2.24, 2.45) is 11.3 Å². The van der Waals surface area contributed by atoms with Crippen molar-refractivity contribution in [3.05, 3.63) is 0 Å². The highest BCUT2D eigenvalue weighted by molar-refractivity contribution is 4.74. The first-order valence-corrected chi connectivity index (χ1v) is 4.33. The predicted molar refractivity (Wildman–Crippen MR) is 44.4 cm³/mol. The summed E-state index contributed by atoms with van der Waals surface area (Å²) in [5.41, 5.74) is 0.0817. The second-order valence-electron chi connectivity index (χ2n) is 4.26. The first-order chi connectivity index (χ1) is 5.14. The van der Waals surface area contributed by atoms with E-state index in [-0.39, 0.29) is 12.0 Å². The molecule has 66 valence electrons. The van der Waals surface area contributed by atoms with Gasteiger partial charge in [0.2, 0.25) is 0 Å². The smallest absolute Gasteiger partial charge is 0.0495 e. The molecule has 1 atom stereocenters. The van der Waals surface area contributed by atoms with Gasteiger partial charge in [0.25, 0.3) is 0 Å². The largest absolute Gasteiger partial charge is 0.396 e. The number of rotatable bonds is 3. The number of hydrogen-bond acceptors (Lipinski definition) is 2. The maximum absolute atomic E-state index is 9.01. The van der Waals surface area contributed by atoms with E-state index >= 15 is 0 Å². The van der Waals surface area contributed by atoms with Crippen LogP contribution < -0.4 is 0 Å². The zero-order valence-electron chi connectivity index (χ0n) is 7.47. The van der Waals surface area contributed by atoms with Crippen molar-refractivity contribution in [1.29, 1.82) is 0 Å². The summed E-state index contributed by atoms with van der Waals surface area (Å²) in [5, 5.41) is 9.01. The summed E-state index contributed by atoms with van der Waals surface area (Å²) in [7, 11) is 0. The van der Waals surface area contributed by atoms with E-state index in [1.807, 2.05) is 0 Å². The highest BCUT2D eigenvalue weighted by atomic mass is 16.5. The fraction of sp³-hybridized carbons (Fsp3) is 1.00. The van der Waals surface area contributed by atoms with E-state index in [0.29, 0.717) is 5.92 Å². The lowest BCUT2D eigenvalue weighted by Crippen LogP contribution is -2.21. The lowest BCUT2D eigenvalue weighted by atomic mass is 9.83. The highest BCUT2D eigenvalue weighted by Crippen LogP contribution is 2.29. The molecule has 1 saturated heterocycles. The average molecular weight is 158 g/mol. The number of ether oxygens (including phenoxy) is 1. The molecule has 0 aliphatic carbocycles. The number of aliphatic hydroxyl groups excluding tert-OH is 1. The Bertz CT molecular complexity index is 115. The third-order valence-electron chi connectivity index (χ3n) is 2.29. The Morgan fingerprint density at radius 1 is 1.55 bits per heavy atom. The molecule has 0 spiro atoms. The maximum atomic E-state index is 9.01. The molecule has 0 aromatic carbocycles. The minimum atomic E-state index is 0.0817. The average Bonchev–Trinajstić information content (AvgIpc) is 2.39. The third-order valence-corrected chi connectivity index (χ3v) is 2.29. The van der Waals surface area contributed by atoms with E-state index in [0.717, 1.165) is 19.6 Å². The lowest BCUT2D eigenvalue weighted by Gasteiger charge is -2.24. The summed E-state index contributed by atoms with van der Waals surface area (Å²) in [6.07, 6.45) is 2.26. The molecule has 1 aliphatic heterocycles. The zero-order valence-corrected chi connectivity index (χ0v) is 7.47. The quantitative estimate of drug-likeness (QED) is 0.673. The first kappa shape index (κ1) is 9.01. The van der Waals surface area contributed by atoms with E-state index in [1.165, 1.54) is 6.42 Å². The van der Waals surface area contributed by atoms with Gasteiger partial charge in [0.1, 0.15) is 0 Å². The van der Waals surface area contributed by atoms with E-state index in [4.69, 9.17) is 9.84 Å². The van der Waals surface area contributed by atoms with Gasteiger partial charge in [0.15, 0.2) is 0 Å². The third kappa shape index (κ3) is 2.80. The summed E-state index contributed by atoms with van der Waals surface area (Å²) in [4.78, 5) is 0. The monoisotopic (exact) mass is 158 g/mol. The summed E-state index contributed by atoms with van der Waals surface area (Å²) in [6.45, 7) is 6.29. The van der Waals surface area contributed by atoms with Gasteiger partial charge in [-0.05, 0) is 24.2 Å². The van der Waals surface area contributed by atoms with Crippen LogP contribution in [0, 0.1) is 11.3 Å². The van der Waals surface area contributed by atoms with E-state index in [9.17, 15) is 0 Å². The molecule has 2 nitrogen and oxygen atoms in total. The van der Waals surface area contributed by atoms with Gasteiger partial charge >= 0.3 is 0 Å². The molecule has 0 bridgehead atoms. The molecule has 1 aliphatic rings. The normalized spacial score (nSPS) is 25.9. The van der Waals surface area contributed by atoms with Gasteiger partial charge in [0, 0.05) is 19.8 Å². The molecule has 1 fully saturated rings. The molecule has 0 radical (unpaired) electrons. The highest BCUT2D eigenvalue weighted by Gasteiger charge is 2.25. The number of hydrogen-bond donors (Lipinski definition) is 1. The molecule has 1 N–H and O–H groups in total. The molecule has 11 heavy (non-hydrogen) atoms. The van der Waals surface area contributed by atoms with Crippen molar-refractivity contribution >= 4 is 0 Å². The Balaban J connectivity index is 2.28. The van der Waals surface area contributed by atoms with Crippen LogP contribution in [-0.4, -0.2) is 24.9 Å². The first-order valence-electron chi connectivity index (χ1n) is 4.33. The van der Waals surface area contributed by atoms with Gasteiger partial charge in [-0.1, -0.05) is 13.8 Å². The van der Waals surface area contributed by atoms with Gasteiger partial charge in [-0.15, -0.1) is 0 Å². The van der Waals surface area contributed by atoms with Crippen molar-refractivity contribution in [2.45, 2.75) is 26.7 Å². The van der Waals surface area contributed by atoms with Gasteiger partial charge in [-0.3, -0.25) is 0 Å². The van der Waals surface area contributed by atoms with Crippen LogP contribution >= 0.6 is 0 Å². The van der Waals surface area contributed by atoms with Crippen LogP contribution in [0.4, 0.5) is 0 Å². The molecular formula is C9H18O2. The van der Waals surface area contributed by atoms with Gasteiger partial charge in [-0.25, -0.2) is 0 Å². The molecule has 0 aromatic heterocycles. The number of aliphatic hydroxyl groups is 1. The summed E-state index contributed by atoms with van der Waals surface area (Å²) < 4.78 is 5.27. The van der Waals surface area contributed by atoms with Gasteiger partial charge in [0.05, 0.1) is 0 Å². The summed E-state index contributed by atoms with van der Waals surface area (Å²) in [5.74, 6) is 0.678. The maximum Gasteiger partial charge on any atom is 0.0495 e. The standard InChI is InChI=1S/C9H18O2/c1-9(2,7-10)5-8-3-4-11-6-8/h8,10H,3-7H2,1-2H3/t8-/m0/s1. The van der Waals surface area contributed by atoms with Crippen LogP contribution in [0.1, 0.15) is 26.7 Å². The fourth-order valence-electron chi connectivity index (χ4n) is 1.59. The van der Waals surface area contributed by atoms with Crippen molar-refractivity contribution in [1.82, 2.24) is 0 Å². The lowest BCUT2D eigenvalue weighted by molar-refractivity contribution is 0.119. The SMILES string of the molecule is CC(C)(CO)C[C@@H]1CCOC1. The molecular weight excluding hydrogens is 140 g/mol. The Labute approximate surface area is 68.6 Å². The van der Waals surface area contributed by atoms with E-state index in [2.05, 4.69) is 13.8 Å². The Kier molecular flexibility index (Phi) is 2.90. The molecule has 2 heteroatoms. The fourth-order valence-corrected chi connectivity index (χ4v) is 1.59. The van der Waals surface area contributed by atoms with Crippen molar-refractivity contribution in [2.75, 3.05) is 19.8 Å². The van der Waals surface area contributed by atoms with Crippen LogP contribution in [0.2, 0.25) is 0 Å². The Morgan fingerprint density at radius 3 is 2.73 bits per heavy atom. The Hall–Kier alpha value is -0.0800. The Morgan fingerprint density at radius 2 is 2.27 bits per heavy atom. The zero-order chi connectivity index (χ0) is 8.32. The second-order valence-corrected chi connectivity index (χ2v) is 4.26. The van der Waals surface area contributed by atoms with Gasteiger partial charge < -0.3 is 9.84 Å². The minimum Gasteiger partial charge on any atom is -0.396 e. The van der Waals surface area contributed by atoms with Crippen LogP contribution in [0.3, 0.4) is 0 Å². The molecule has 0 unspecified atom stereocenters.